The third kappa shape index (κ3) is 4.52. The van der Waals surface area contributed by atoms with Gasteiger partial charge in [-0.15, -0.1) is 11.3 Å². The third-order valence-corrected chi connectivity index (χ3v) is 5.17. The number of hydrogen-bond donors (Lipinski definition) is 1. The van der Waals surface area contributed by atoms with Gasteiger partial charge in [0, 0.05) is 27.7 Å². The molecule has 1 aromatic carbocycles. The number of hydrogen-bond acceptors (Lipinski definition) is 4. The summed E-state index contributed by atoms with van der Waals surface area (Å²) in [5, 5.41) is 6.70. The van der Waals surface area contributed by atoms with Crippen LogP contribution in [0.15, 0.2) is 26.5 Å². The van der Waals surface area contributed by atoms with Crippen LogP contribution < -0.4 is 10.1 Å². The minimum Gasteiger partial charge on any atom is -0.492 e. The van der Waals surface area contributed by atoms with E-state index in [-0.39, 0.29) is 6.04 Å². The van der Waals surface area contributed by atoms with E-state index in [9.17, 15) is 0 Å². The summed E-state index contributed by atoms with van der Waals surface area (Å²) in [6.45, 7) is 7.52. The number of ether oxygens (including phenoxy) is 1. The Balaban J connectivity index is 2.12. The van der Waals surface area contributed by atoms with E-state index in [0.29, 0.717) is 6.61 Å². The zero-order valence-electron chi connectivity index (χ0n) is 12.2. The van der Waals surface area contributed by atoms with E-state index in [2.05, 4.69) is 60.5 Å². The summed E-state index contributed by atoms with van der Waals surface area (Å²) in [7, 11) is 0. The Kier molecular flexibility index (Phi) is 6.22. The Morgan fingerprint density at radius 3 is 2.76 bits per heavy atom. The summed E-state index contributed by atoms with van der Waals surface area (Å²) >= 11 is 8.78. The zero-order chi connectivity index (χ0) is 15.4. The number of nitrogens with one attached hydrogen (secondary N) is 1. The summed E-state index contributed by atoms with van der Waals surface area (Å²) in [5.74, 6) is 0.899. The highest BCUT2D eigenvalue weighted by atomic mass is 79.9. The maximum absolute atomic E-state index is 5.74. The van der Waals surface area contributed by atoms with E-state index < -0.39 is 0 Å². The van der Waals surface area contributed by atoms with Gasteiger partial charge in [-0.3, -0.25) is 0 Å². The van der Waals surface area contributed by atoms with Crippen LogP contribution >= 0.6 is 43.2 Å². The fourth-order valence-corrected chi connectivity index (χ4v) is 4.23. The highest BCUT2D eigenvalue weighted by molar-refractivity contribution is 9.11. The molecule has 2 rings (SSSR count). The maximum Gasteiger partial charge on any atom is 0.138 e. The summed E-state index contributed by atoms with van der Waals surface area (Å²) in [5.41, 5.74) is 2.20. The van der Waals surface area contributed by atoms with Gasteiger partial charge in [-0.2, -0.15) is 0 Å². The van der Waals surface area contributed by atoms with Gasteiger partial charge < -0.3 is 10.1 Å². The Hall–Kier alpha value is -0.430. The third-order valence-electron chi connectivity index (χ3n) is 2.98. The minimum atomic E-state index is 0.218. The molecule has 21 heavy (non-hydrogen) atoms. The molecule has 0 aliphatic carbocycles. The number of aromatic nitrogens is 1. The van der Waals surface area contributed by atoms with Gasteiger partial charge >= 0.3 is 0 Å². The molecule has 3 nitrogen and oxygen atoms in total. The number of aryl methyl sites for hydroxylation is 1. The first-order chi connectivity index (χ1) is 10.0. The first-order valence-corrected chi connectivity index (χ1v) is 9.24. The SMILES string of the molecule is CCOc1c(Br)cc(Br)cc1CNC(C)c1nc(C)cs1. The second-order valence-corrected chi connectivity index (χ2v) is 7.40. The van der Waals surface area contributed by atoms with Gasteiger partial charge in [0.15, 0.2) is 0 Å². The Labute approximate surface area is 146 Å². The van der Waals surface area contributed by atoms with E-state index in [0.717, 1.165) is 37.5 Å². The van der Waals surface area contributed by atoms with Crippen LogP contribution in [-0.2, 0) is 6.54 Å². The van der Waals surface area contributed by atoms with E-state index in [1.54, 1.807) is 11.3 Å². The van der Waals surface area contributed by atoms with Crippen molar-refractivity contribution in [2.24, 2.45) is 0 Å². The number of thiazole rings is 1. The molecule has 0 fully saturated rings. The first-order valence-electron chi connectivity index (χ1n) is 6.77. The summed E-state index contributed by atoms with van der Waals surface area (Å²) in [4.78, 5) is 4.52. The van der Waals surface area contributed by atoms with Crippen molar-refractivity contribution < 1.29 is 4.74 Å². The van der Waals surface area contributed by atoms with Gasteiger partial charge in [0.2, 0.25) is 0 Å². The predicted molar refractivity (Wildman–Crippen MR) is 95.1 cm³/mol. The van der Waals surface area contributed by atoms with Gasteiger partial charge in [-0.05, 0) is 48.8 Å². The number of halogens is 2. The van der Waals surface area contributed by atoms with Gasteiger partial charge in [0.1, 0.15) is 10.8 Å². The van der Waals surface area contributed by atoms with Crippen molar-refractivity contribution in [3.8, 4) is 5.75 Å². The highest BCUT2D eigenvalue weighted by Gasteiger charge is 2.13. The smallest absolute Gasteiger partial charge is 0.138 e. The lowest BCUT2D eigenvalue weighted by atomic mass is 10.2. The summed E-state index contributed by atoms with van der Waals surface area (Å²) in [6, 6.07) is 4.31. The Morgan fingerprint density at radius 2 is 2.14 bits per heavy atom. The van der Waals surface area contributed by atoms with Gasteiger partial charge in [0.05, 0.1) is 17.1 Å². The maximum atomic E-state index is 5.74. The molecule has 0 spiro atoms. The monoisotopic (exact) mass is 432 g/mol. The fourth-order valence-electron chi connectivity index (χ4n) is 1.97. The molecule has 0 radical (unpaired) electrons. The molecule has 6 heteroatoms. The van der Waals surface area contributed by atoms with Crippen molar-refractivity contribution >= 4 is 43.2 Å². The fraction of sp³-hybridized carbons (Fsp3) is 0.400. The van der Waals surface area contributed by atoms with E-state index in [1.807, 2.05) is 19.9 Å². The lowest BCUT2D eigenvalue weighted by Gasteiger charge is -2.16. The molecule has 1 heterocycles. The molecule has 1 unspecified atom stereocenters. The second kappa shape index (κ2) is 7.72. The molecule has 114 valence electrons. The van der Waals surface area contributed by atoms with Gasteiger partial charge in [-0.25, -0.2) is 4.98 Å². The van der Waals surface area contributed by atoms with Crippen LogP contribution in [0.2, 0.25) is 0 Å². The number of rotatable bonds is 6. The molecular formula is C15H18Br2N2OS. The molecule has 0 aliphatic rings. The van der Waals surface area contributed by atoms with E-state index >= 15 is 0 Å². The van der Waals surface area contributed by atoms with Gasteiger partial charge in [-0.1, -0.05) is 15.9 Å². The van der Waals surface area contributed by atoms with Crippen molar-refractivity contribution in [1.82, 2.24) is 10.3 Å². The Morgan fingerprint density at radius 1 is 1.38 bits per heavy atom. The predicted octanol–water partition coefficient (Wildman–Crippen LogP) is 5.23. The standard InChI is InChI=1S/C15H18Br2N2OS/c1-4-20-14-11(5-12(16)6-13(14)17)7-18-10(3)15-19-9(2)8-21-15/h5-6,8,10,18H,4,7H2,1-3H3. The van der Waals surface area contributed by atoms with Crippen molar-refractivity contribution in [3.05, 3.63) is 42.7 Å². The summed E-state index contributed by atoms with van der Waals surface area (Å²) in [6.07, 6.45) is 0. The molecular weight excluding hydrogens is 416 g/mol. The van der Waals surface area contributed by atoms with Crippen LogP contribution in [0.4, 0.5) is 0 Å². The quantitative estimate of drug-likeness (QED) is 0.677. The molecule has 2 aromatic rings. The molecule has 0 saturated carbocycles. The zero-order valence-corrected chi connectivity index (χ0v) is 16.2. The summed E-state index contributed by atoms with van der Waals surface area (Å²) < 4.78 is 7.74. The normalized spacial score (nSPS) is 12.4. The van der Waals surface area contributed by atoms with Crippen LogP contribution in [0.3, 0.4) is 0 Å². The Bertz CT molecular complexity index is 616. The molecule has 1 N–H and O–H groups in total. The van der Waals surface area contributed by atoms with Crippen LogP contribution in [0.1, 0.15) is 36.2 Å². The number of benzene rings is 1. The largest absolute Gasteiger partial charge is 0.492 e. The van der Waals surface area contributed by atoms with Gasteiger partial charge in [0.25, 0.3) is 0 Å². The number of nitrogens with zero attached hydrogens (tertiary/aromatic N) is 1. The lowest BCUT2D eigenvalue weighted by Crippen LogP contribution is -2.18. The lowest BCUT2D eigenvalue weighted by molar-refractivity contribution is 0.332. The molecule has 0 saturated heterocycles. The van der Waals surface area contributed by atoms with Crippen molar-refractivity contribution in [2.75, 3.05) is 6.61 Å². The van der Waals surface area contributed by atoms with Crippen LogP contribution in [0.5, 0.6) is 5.75 Å². The van der Waals surface area contributed by atoms with Crippen molar-refractivity contribution in [3.63, 3.8) is 0 Å². The van der Waals surface area contributed by atoms with Crippen LogP contribution in [-0.4, -0.2) is 11.6 Å². The van der Waals surface area contributed by atoms with Crippen molar-refractivity contribution in [1.29, 1.82) is 0 Å². The topological polar surface area (TPSA) is 34.1 Å². The molecule has 0 bridgehead atoms. The van der Waals surface area contributed by atoms with Crippen molar-refractivity contribution in [2.45, 2.75) is 33.4 Å². The average Bonchev–Trinajstić information content (AvgIpc) is 2.86. The molecule has 0 amide bonds. The average molecular weight is 434 g/mol. The molecule has 1 aromatic heterocycles. The minimum absolute atomic E-state index is 0.218. The first kappa shape index (κ1) is 16.9. The molecule has 0 aliphatic heterocycles. The highest BCUT2D eigenvalue weighted by Crippen LogP contribution is 2.33. The molecule has 1 atom stereocenters. The van der Waals surface area contributed by atoms with E-state index in [4.69, 9.17) is 4.74 Å². The van der Waals surface area contributed by atoms with Crippen LogP contribution in [0, 0.1) is 6.92 Å². The second-order valence-electron chi connectivity index (χ2n) is 4.74. The van der Waals surface area contributed by atoms with E-state index in [1.165, 1.54) is 0 Å². The van der Waals surface area contributed by atoms with Crippen LogP contribution in [0.25, 0.3) is 0 Å².